The van der Waals surface area contributed by atoms with Gasteiger partial charge in [-0.15, -0.1) is 0 Å². The maximum absolute atomic E-state index is 11.4. The number of rotatable bonds is 4. The average Bonchev–Trinajstić information content (AvgIpc) is 2.71. The van der Waals surface area contributed by atoms with E-state index in [-0.39, 0.29) is 11.3 Å². The van der Waals surface area contributed by atoms with Crippen LogP contribution in [0.2, 0.25) is 0 Å². The second kappa shape index (κ2) is 3.22. The van der Waals surface area contributed by atoms with E-state index in [1.54, 1.807) is 0 Å². The molecule has 1 aliphatic carbocycles. The van der Waals surface area contributed by atoms with E-state index >= 15 is 0 Å². The van der Waals surface area contributed by atoms with Gasteiger partial charge in [-0.1, -0.05) is 0 Å². The van der Waals surface area contributed by atoms with Crippen LogP contribution in [0.5, 0.6) is 0 Å². The molecule has 0 spiro atoms. The van der Waals surface area contributed by atoms with E-state index < -0.39 is 0 Å². The van der Waals surface area contributed by atoms with Crippen LogP contribution in [0.15, 0.2) is 0 Å². The van der Waals surface area contributed by atoms with E-state index in [9.17, 15) is 4.79 Å². The Kier molecular flexibility index (Phi) is 2.49. The Balaban J connectivity index is 2.38. The Morgan fingerprint density at radius 2 is 2.18 bits per heavy atom. The van der Waals surface area contributed by atoms with Gasteiger partial charge in [-0.3, -0.25) is 4.79 Å². The molecule has 1 saturated carbocycles. The lowest BCUT2D eigenvalue weighted by Gasteiger charge is -2.12. The third-order valence-corrected chi connectivity index (χ3v) is 2.19. The molecule has 0 aromatic carbocycles. The normalized spacial score (nSPS) is 19.5. The summed E-state index contributed by atoms with van der Waals surface area (Å²) in [5.74, 6) is 0.217. The molecule has 0 unspecified atom stereocenters. The van der Waals surface area contributed by atoms with E-state index in [1.807, 2.05) is 14.0 Å². The van der Waals surface area contributed by atoms with E-state index in [1.165, 1.54) is 0 Å². The Labute approximate surface area is 67.5 Å². The molecule has 0 aliphatic heterocycles. The molecule has 1 amide bonds. The van der Waals surface area contributed by atoms with Crippen molar-refractivity contribution in [2.75, 3.05) is 20.1 Å². The monoisotopic (exact) mass is 156 g/mol. The topological polar surface area (TPSA) is 41.1 Å². The summed E-state index contributed by atoms with van der Waals surface area (Å²) in [5.41, 5.74) is -0.0508. The van der Waals surface area contributed by atoms with Crippen LogP contribution in [0.4, 0.5) is 0 Å². The van der Waals surface area contributed by atoms with Crippen LogP contribution in [0, 0.1) is 5.41 Å². The van der Waals surface area contributed by atoms with E-state index in [0.29, 0.717) is 0 Å². The van der Waals surface area contributed by atoms with Crippen molar-refractivity contribution in [3.05, 3.63) is 0 Å². The van der Waals surface area contributed by atoms with Gasteiger partial charge in [-0.2, -0.15) is 0 Å². The minimum absolute atomic E-state index is 0.0508. The number of carbonyl (C=O) groups is 1. The standard InChI is InChI=1S/C8H16N2O/c1-3-10-7(11)8(4-5-8)6-9-2/h9H,3-6H2,1-2H3,(H,10,11). The van der Waals surface area contributed by atoms with E-state index in [0.717, 1.165) is 25.9 Å². The van der Waals surface area contributed by atoms with Gasteiger partial charge in [0.2, 0.25) is 5.91 Å². The van der Waals surface area contributed by atoms with Gasteiger partial charge in [-0.05, 0) is 26.8 Å². The molecule has 3 nitrogen and oxygen atoms in total. The molecule has 0 aromatic heterocycles. The van der Waals surface area contributed by atoms with Crippen molar-refractivity contribution in [3.63, 3.8) is 0 Å². The SMILES string of the molecule is CCNC(=O)C1(CNC)CC1. The quantitative estimate of drug-likeness (QED) is 0.607. The second-order valence-corrected chi connectivity index (χ2v) is 3.17. The second-order valence-electron chi connectivity index (χ2n) is 3.17. The van der Waals surface area contributed by atoms with Crippen molar-refractivity contribution >= 4 is 5.91 Å². The molecule has 0 aromatic rings. The number of hydrogen-bond acceptors (Lipinski definition) is 2. The highest BCUT2D eigenvalue weighted by Crippen LogP contribution is 2.44. The first kappa shape index (κ1) is 8.53. The van der Waals surface area contributed by atoms with Gasteiger partial charge >= 0.3 is 0 Å². The Bertz CT molecular complexity index is 152. The molecule has 0 radical (unpaired) electrons. The molecule has 3 heteroatoms. The minimum atomic E-state index is -0.0508. The zero-order valence-electron chi connectivity index (χ0n) is 7.24. The predicted octanol–water partition coefficient (Wildman–Crippen LogP) is 0.122. The van der Waals surface area contributed by atoms with Gasteiger partial charge < -0.3 is 10.6 Å². The Morgan fingerprint density at radius 3 is 2.55 bits per heavy atom. The average molecular weight is 156 g/mol. The van der Waals surface area contributed by atoms with Crippen molar-refractivity contribution in [1.82, 2.24) is 10.6 Å². The molecule has 2 N–H and O–H groups in total. The molecule has 64 valence electrons. The number of nitrogens with one attached hydrogen (secondary N) is 2. The van der Waals surface area contributed by atoms with Crippen LogP contribution >= 0.6 is 0 Å². The van der Waals surface area contributed by atoms with Crippen molar-refractivity contribution in [2.24, 2.45) is 5.41 Å². The Hall–Kier alpha value is -0.570. The number of amides is 1. The molecule has 0 bridgehead atoms. The maximum atomic E-state index is 11.4. The van der Waals surface area contributed by atoms with E-state index in [4.69, 9.17) is 0 Å². The number of hydrogen-bond donors (Lipinski definition) is 2. The van der Waals surface area contributed by atoms with Gasteiger partial charge in [0.25, 0.3) is 0 Å². The first-order valence-corrected chi connectivity index (χ1v) is 4.18. The fourth-order valence-electron chi connectivity index (χ4n) is 1.32. The lowest BCUT2D eigenvalue weighted by molar-refractivity contribution is -0.126. The highest BCUT2D eigenvalue weighted by atomic mass is 16.2. The minimum Gasteiger partial charge on any atom is -0.356 e. The van der Waals surface area contributed by atoms with Gasteiger partial charge in [0.05, 0.1) is 5.41 Å². The fourth-order valence-corrected chi connectivity index (χ4v) is 1.32. The zero-order valence-corrected chi connectivity index (χ0v) is 7.24. The molecule has 1 rings (SSSR count). The van der Waals surface area contributed by atoms with E-state index in [2.05, 4.69) is 10.6 Å². The highest BCUT2D eigenvalue weighted by molar-refractivity contribution is 5.85. The summed E-state index contributed by atoms with van der Waals surface area (Å²) in [4.78, 5) is 11.4. The molecule has 0 saturated heterocycles. The molecule has 1 fully saturated rings. The van der Waals surface area contributed by atoms with Crippen molar-refractivity contribution < 1.29 is 4.79 Å². The predicted molar refractivity (Wildman–Crippen MR) is 44.3 cm³/mol. The summed E-state index contributed by atoms with van der Waals surface area (Å²) in [5, 5.41) is 5.90. The molecule has 0 heterocycles. The lowest BCUT2D eigenvalue weighted by atomic mass is 10.1. The molecular formula is C8H16N2O. The van der Waals surface area contributed by atoms with Crippen LogP contribution in [-0.4, -0.2) is 26.0 Å². The first-order chi connectivity index (χ1) is 5.25. The maximum Gasteiger partial charge on any atom is 0.227 e. The lowest BCUT2D eigenvalue weighted by Crippen LogP contribution is -2.37. The third kappa shape index (κ3) is 1.71. The van der Waals surface area contributed by atoms with Crippen LogP contribution < -0.4 is 10.6 Å². The van der Waals surface area contributed by atoms with Crippen LogP contribution in [0.1, 0.15) is 19.8 Å². The summed E-state index contributed by atoms with van der Waals surface area (Å²) in [6.45, 7) is 3.51. The summed E-state index contributed by atoms with van der Waals surface area (Å²) in [6.07, 6.45) is 2.08. The largest absolute Gasteiger partial charge is 0.356 e. The molecule has 0 atom stereocenters. The van der Waals surface area contributed by atoms with Crippen molar-refractivity contribution in [3.8, 4) is 0 Å². The first-order valence-electron chi connectivity index (χ1n) is 4.18. The van der Waals surface area contributed by atoms with Crippen molar-refractivity contribution in [1.29, 1.82) is 0 Å². The summed E-state index contributed by atoms with van der Waals surface area (Å²) in [7, 11) is 1.89. The zero-order chi connectivity index (χ0) is 8.32. The van der Waals surface area contributed by atoms with Crippen LogP contribution in [0.3, 0.4) is 0 Å². The van der Waals surface area contributed by atoms with Gasteiger partial charge in [-0.25, -0.2) is 0 Å². The highest BCUT2D eigenvalue weighted by Gasteiger charge is 2.48. The molecular weight excluding hydrogens is 140 g/mol. The van der Waals surface area contributed by atoms with Crippen LogP contribution in [0.25, 0.3) is 0 Å². The van der Waals surface area contributed by atoms with Gasteiger partial charge in [0, 0.05) is 13.1 Å². The smallest absolute Gasteiger partial charge is 0.227 e. The Morgan fingerprint density at radius 1 is 1.55 bits per heavy atom. The summed E-state index contributed by atoms with van der Waals surface area (Å²) < 4.78 is 0. The summed E-state index contributed by atoms with van der Waals surface area (Å²) in [6, 6.07) is 0. The van der Waals surface area contributed by atoms with Gasteiger partial charge in [0.15, 0.2) is 0 Å². The fraction of sp³-hybridized carbons (Fsp3) is 0.875. The summed E-state index contributed by atoms with van der Waals surface area (Å²) >= 11 is 0. The van der Waals surface area contributed by atoms with Crippen LogP contribution in [-0.2, 0) is 4.79 Å². The van der Waals surface area contributed by atoms with Crippen molar-refractivity contribution in [2.45, 2.75) is 19.8 Å². The van der Waals surface area contributed by atoms with Gasteiger partial charge in [0.1, 0.15) is 0 Å². The molecule has 11 heavy (non-hydrogen) atoms. The third-order valence-electron chi connectivity index (χ3n) is 2.19. The molecule has 1 aliphatic rings. The number of carbonyl (C=O) groups excluding carboxylic acids is 1.